The molecule has 1 N–H and O–H groups in total. The predicted molar refractivity (Wildman–Crippen MR) is 61.5 cm³/mol. The van der Waals surface area contributed by atoms with Gasteiger partial charge in [0, 0.05) is 17.6 Å². The molecule has 2 aromatic rings. The van der Waals surface area contributed by atoms with Gasteiger partial charge in [-0.3, -0.25) is 0 Å². The van der Waals surface area contributed by atoms with Crippen LogP contribution in [0, 0.1) is 12.7 Å². The molecular weight excluding hydrogens is 229 g/mol. The Morgan fingerprint density at radius 2 is 2.12 bits per heavy atom. The Hall–Kier alpha value is -1.68. The monoisotopic (exact) mass is 237 g/mol. The van der Waals surface area contributed by atoms with Gasteiger partial charge in [0.25, 0.3) is 0 Å². The number of hydrogen-bond acceptors (Lipinski definition) is 3. The Balaban J connectivity index is 2.24. The van der Waals surface area contributed by atoms with Crippen molar-refractivity contribution in [3.05, 3.63) is 47.0 Å². The van der Waals surface area contributed by atoms with E-state index in [-0.39, 0.29) is 5.02 Å². The average Bonchev–Trinajstić information content (AvgIpc) is 2.24. The van der Waals surface area contributed by atoms with Gasteiger partial charge in [-0.25, -0.2) is 14.4 Å². The Morgan fingerprint density at radius 3 is 2.81 bits per heavy atom. The van der Waals surface area contributed by atoms with Gasteiger partial charge in [-0.15, -0.1) is 0 Å². The van der Waals surface area contributed by atoms with Gasteiger partial charge in [0.2, 0.25) is 5.95 Å². The van der Waals surface area contributed by atoms with E-state index in [0.717, 1.165) is 5.69 Å². The number of hydrogen-bond donors (Lipinski definition) is 1. The van der Waals surface area contributed by atoms with Crippen LogP contribution >= 0.6 is 11.6 Å². The third kappa shape index (κ3) is 2.46. The van der Waals surface area contributed by atoms with E-state index in [1.807, 2.05) is 6.92 Å². The van der Waals surface area contributed by atoms with Crippen molar-refractivity contribution in [3.8, 4) is 0 Å². The Bertz CT molecular complexity index is 516. The third-order valence-electron chi connectivity index (χ3n) is 1.97. The lowest BCUT2D eigenvalue weighted by Gasteiger charge is -2.05. The van der Waals surface area contributed by atoms with Crippen molar-refractivity contribution in [1.29, 1.82) is 0 Å². The van der Waals surface area contributed by atoms with Gasteiger partial charge in [-0.1, -0.05) is 11.6 Å². The van der Waals surface area contributed by atoms with Crippen LogP contribution in [0.5, 0.6) is 0 Å². The molecule has 0 bridgehead atoms. The Morgan fingerprint density at radius 1 is 1.31 bits per heavy atom. The molecule has 3 nitrogen and oxygen atoms in total. The molecule has 16 heavy (non-hydrogen) atoms. The fourth-order valence-electron chi connectivity index (χ4n) is 1.21. The number of nitrogens with one attached hydrogen (secondary N) is 1. The summed E-state index contributed by atoms with van der Waals surface area (Å²) in [7, 11) is 0. The topological polar surface area (TPSA) is 37.8 Å². The fraction of sp³-hybridized carbons (Fsp3) is 0.0909. The van der Waals surface area contributed by atoms with Crippen molar-refractivity contribution in [2.75, 3.05) is 5.32 Å². The van der Waals surface area contributed by atoms with Gasteiger partial charge in [0.1, 0.15) is 5.82 Å². The number of anilines is 2. The molecule has 0 aliphatic heterocycles. The molecule has 82 valence electrons. The number of rotatable bonds is 2. The zero-order valence-electron chi connectivity index (χ0n) is 8.54. The molecule has 0 radical (unpaired) electrons. The van der Waals surface area contributed by atoms with Crippen LogP contribution in [-0.2, 0) is 0 Å². The third-order valence-corrected chi connectivity index (χ3v) is 2.26. The first kappa shape index (κ1) is 10.8. The number of aromatic nitrogens is 2. The van der Waals surface area contributed by atoms with E-state index in [9.17, 15) is 4.39 Å². The summed E-state index contributed by atoms with van der Waals surface area (Å²) < 4.78 is 12.9. The predicted octanol–water partition coefficient (Wildman–Crippen LogP) is 3.32. The van der Waals surface area contributed by atoms with Gasteiger partial charge < -0.3 is 5.32 Å². The normalized spacial score (nSPS) is 10.2. The van der Waals surface area contributed by atoms with Crippen molar-refractivity contribution in [1.82, 2.24) is 9.97 Å². The maximum Gasteiger partial charge on any atom is 0.227 e. The smallest absolute Gasteiger partial charge is 0.227 e. The molecule has 0 amide bonds. The van der Waals surface area contributed by atoms with Gasteiger partial charge in [0.05, 0.1) is 5.02 Å². The lowest BCUT2D eigenvalue weighted by Crippen LogP contribution is -1.97. The van der Waals surface area contributed by atoms with Crippen LogP contribution in [0.4, 0.5) is 16.0 Å². The van der Waals surface area contributed by atoms with Crippen LogP contribution < -0.4 is 5.32 Å². The van der Waals surface area contributed by atoms with Crippen LogP contribution in [0.1, 0.15) is 5.69 Å². The SMILES string of the molecule is Cc1ccnc(Nc2ccc(F)c(Cl)c2)n1. The Labute approximate surface area is 97.3 Å². The molecule has 0 aliphatic rings. The average molecular weight is 238 g/mol. The van der Waals surface area contributed by atoms with E-state index in [0.29, 0.717) is 11.6 Å². The summed E-state index contributed by atoms with van der Waals surface area (Å²) in [6.45, 7) is 1.87. The van der Waals surface area contributed by atoms with E-state index in [1.165, 1.54) is 12.1 Å². The number of benzene rings is 1. The van der Waals surface area contributed by atoms with Crippen LogP contribution in [-0.4, -0.2) is 9.97 Å². The number of aryl methyl sites for hydroxylation is 1. The highest BCUT2D eigenvalue weighted by molar-refractivity contribution is 6.31. The summed E-state index contributed by atoms with van der Waals surface area (Å²) >= 11 is 5.66. The molecule has 0 saturated carbocycles. The zero-order chi connectivity index (χ0) is 11.5. The van der Waals surface area contributed by atoms with E-state index < -0.39 is 5.82 Å². The van der Waals surface area contributed by atoms with Gasteiger partial charge in [-0.2, -0.15) is 0 Å². The molecule has 1 aromatic carbocycles. The van der Waals surface area contributed by atoms with Crippen LogP contribution in [0.2, 0.25) is 5.02 Å². The summed E-state index contributed by atoms with van der Waals surface area (Å²) in [5.74, 6) is 0.0139. The molecule has 0 unspecified atom stereocenters. The first-order valence-electron chi connectivity index (χ1n) is 4.67. The largest absolute Gasteiger partial charge is 0.324 e. The van der Waals surface area contributed by atoms with E-state index >= 15 is 0 Å². The summed E-state index contributed by atoms with van der Waals surface area (Å²) in [5, 5.41) is 3.01. The molecule has 0 aliphatic carbocycles. The summed E-state index contributed by atoms with van der Waals surface area (Å²) in [5.41, 5.74) is 1.50. The highest BCUT2D eigenvalue weighted by Crippen LogP contribution is 2.21. The number of halogens is 2. The second-order valence-corrected chi connectivity index (χ2v) is 3.68. The maximum atomic E-state index is 12.9. The zero-order valence-corrected chi connectivity index (χ0v) is 9.29. The molecule has 0 spiro atoms. The van der Waals surface area contributed by atoms with Crippen molar-refractivity contribution in [2.45, 2.75) is 6.92 Å². The maximum absolute atomic E-state index is 12.9. The molecule has 1 aromatic heterocycles. The second kappa shape index (κ2) is 4.45. The lowest BCUT2D eigenvalue weighted by molar-refractivity contribution is 0.628. The number of nitrogens with zero attached hydrogens (tertiary/aromatic N) is 2. The van der Waals surface area contributed by atoms with Crippen molar-refractivity contribution < 1.29 is 4.39 Å². The summed E-state index contributed by atoms with van der Waals surface area (Å²) in [4.78, 5) is 8.19. The van der Waals surface area contributed by atoms with Crippen molar-refractivity contribution in [3.63, 3.8) is 0 Å². The van der Waals surface area contributed by atoms with Gasteiger partial charge in [-0.05, 0) is 31.2 Å². The fourth-order valence-corrected chi connectivity index (χ4v) is 1.39. The molecule has 0 saturated heterocycles. The van der Waals surface area contributed by atoms with Crippen LogP contribution in [0.15, 0.2) is 30.5 Å². The minimum Gasteiger partial charge on any atom is -0.324 e. The highest BCUT2D eigenvalue weighted by Gasteiger charge is 2.02. The van der Waals surface area contributed by atoms with Gasteiger partial charge in [0.15, 0.2) is 0 Å². The molecule has 0 fully saturated rings. The first-order valence-corrected chi connectivity index (χ1v) is 5.04. The highest BCUT2D eigenvalue weighted by atomic mass is 35.5. The second-order valence-electron chi connectivity index (χ2n) is 3.28. The minimum absolute atomic E-state index is 0.0673. The summed E-state index contributed by atoms with van der Waals surface area (Å²) in [6.07, 6.45) is 1.65. The van der Waals surface area contributed by atoms with E-state index in [2.05, 4.69) is 15.3 Å². The van der Waals surface area contributed by atoms with Gasteiger partial charge >= 0.3 is 0 Å². The quantitative estimate of drug-likeness (QED) is 0.871. The molecule has 1 heterocycles. The molecule has 2 rings (SSSR count). The van der Waals surface area contributed by atoms with E-state index in [4.69, 9.17) is 11.6 Å². The molecule has 5 heteroatoms. The standard InChI is InChI=1S/C11H9ClFN3/c1-7-4-5-14-11(15-7)16-8-2-3-10(13)9(12)6-8/h2-6H,1H3,(H,14,15,16). The van der Waals surface area contributed by atoms with Crippen molar-refractivity contribution in [2.24, 2.45) is 0 Å². The summed E-state index contributed by atoms with van der Waals surface area (Å²) in [6, 6.07) is 6.15. The molecule has 0 atom stereocenters. The van der Waals surface area contributed by atoms with E-state index in [1.54, 1.807) is 18.3 Å². The molecular formula is C11H9ClFN3. The Kier molecular flexibility index (Phi) is 3.01. The van der Waals surface area contributed by atoms with Crippen molar-refractivity contribution >= 4 is 23.2 Å². The van der Waals surface area contributed by atoms with Crippen LogP contribution in [0.3, 0.4) is 0 Å². The lowest BCUT2D eigenvalue weighted by atomic mass is 10.3. The van der Waals surface area contributed by atoms with Crippen LogP contribution in [0.25, 0.3) is 0 Å². The minimum atomic E-state index is -0.447. The first-order chi connectivity index (χ1) is 7.65.